The Bertz CT molecular complexity index is 568. The third-order valence-electron chi connectivity index (χ3n) is 3.91. The number of thiophene rings is 1. The molecule has 0 amide bonds. The van der Waals surface area contributed by atoms with Gasteiger partial charge in [-0.05, 0) is 25.5 Å². The van der Waals surface area contributed by atoms with E-state index in [0.717, 1.165) is 29.9 Å². The highest BCUT2D eigenvalue weighted by Crippen LogP contribution is 2.36. The molecule has 1 aromatic carbocycles. The van der Waals surface area contributed by atoms with Crippen LogP contribution in [0.25, 0.3) is 10.1 Å². The van der Waals surface area contributed by atoms with Gasteiger partial charge >= 0.3 is 0 Å². The first-order valence-electron chi connectivity index (χ1n) is 6.80. The molecule has 3 rings (SSSR count). The summed E-state index contributed by atoms with van der Waals surface area (Å²) in [5, 5.41) is 11.5. The van der Waals surface area contributed by atoms with Crippen LogP contribution in [0.15, 0.2) is 24.3 Å². The van der Waals surface area contributed by atoms with Crippen LogP contribution in [0.4, 0.5) is 0 Å². The third kappa shape index (κ3) is 2.65. The van der Waals surface area contributed by atoms with Gasteiger partial charge in [0.1, 0.15) is 0 Å². The number of halogens is 1. The van der Waals surface area contributed by atoms with Crippen molar-refractivity contribution in [3.63, 3.8) is 0 Å². The number of rotatable bonds is 3. The van der Waals surface area contributed by atoms with Crippen LogP contribution in [0.5, 0.6) is 0 Å². The summed E-state index contributed by atoms with van der Waals surface area (Å²) in [7, 11) is 0. The fourth-order valence-corrected chi connectivity index (χ4v) is 4.34. The van der Waals surface area contributed by atoms with Crippen LogP contribution in [-0.4, -0.2) is 29.2 Å². The van der Waals surface area contributed by atoms with Gasteiger partial charge in [0.25, 0.3) is 0 Å². The van der Waals surface area contributed by atoms with E-state index in [1.165, 1.54) is 22.4 Å². The Labute approximate surface area is 122 Å². The number of aliphatic hydroxyl groups excluding tert-OH is 1. The molecule has 2 heterocycles. The van der Waals surface area contributed by atoms with Crippen LogP contribution >= 0.6 is 22.9 Å². The van der Waals surface area contributed by atoms with Gasteiger partial charge in [0.2, 0.25) is 0 Å². The summed E-state index contributed by atoms with van der Waals surface area (Å²) in [5.74, 6) is 0. The molecule has 1 aliphatic rings. The molecule has 2 nitrogen and oxygen atoms in total. The molecule has 0 aliphatic carbocycles. The van der Waals surface area contributed by atoms with Crippen LogP contribution in [0, 0.1) is 0 Å². The molecule has 1 aromatic heterocycles. The predicted molar refractivity (Wildman–Crippen MR) is 82.0 cm³/mol. The Morgan fingerprint density at radius 3 is 2.95 bits per heavy atom. The van der Waals surface area contributed by atoms with Gasteiger partial charge in [-0.2, -0.15) is 0 Å². The van der Waals surface area contributed by atoms with Crippen LogP contribution in [0.2, 0.25) is 5.02 Å². The fraction of sp³-hybridized carbons (Fsp3) is 0.467. The SMILES string of the molecule is OC[C@H]1CCCCN1Cc1sc2ccccc2c1Cl. The minimum Gasteiger partial charge on any atom is -0.395 e. The average Bonchev–Trinajstić information content (AvgIpc) is 2.77. The number of hydrogen-bond acceptors (Lipinski definition) is 3. The van der Waals surface area contributed by atoms with Gasteiger partial charge in [-0.1, -0.05) is 36.2 Å². The molecule has 1 N–H and O–H groups in total. The van der Waals surface area contributed by atoms with Crippen molar-refractivity contribution in [3.05, 3.63) is 34.2 Å². The molecular formula is C15H18ClNOS. The summed E-state index contributed by atoms with van der Waals surface area (Å²) >= 11 is 8.26. The van der Waals surface area contributed by atoms with Gasteiger partial charge in [0, 0.05) is 27.5 Å². The quantitative estimate of drug-likeness (QED) is 0.928. The second-order valence-corrected chi connectivity index (χ2v) is 6.65. The van der Waals surface area contributed by atoms with Gasteiger partial charge in [-0.15, -0.1) is 11.3 Å². The van der Waals surface area contributed by atoms with Crippen LogP contribution in [0.1, 0.15) is 24.1 Å². The number of hydrogen-bond donors (Lipinski definition) is 1. The summed E-state index contributed by atoms with van der Waals surface area (Å²) in [5.41, 5.74) is 0. The van der Waals surface area contributed by atoms with Crippen molar-refractivity contribution in [2.45, 2.75) is 31.8 Å². The van der Waals surface area contributed by atoms with E-state index >= 15 is 0 Å². The largest absolute Gasteiger partial charge is 0.395 e. The molecule has 19 heavy (non-hydrogen) atoms. The van der Waals surface area contributed by atoms with Crippen LogP contribution < -0.4 is 0 Å². The summed E-state index contributed by atoms with van der Waals surface area (Å²) < 4.78 is 1.25. The van der Waals surface area contributed by atoms with Crippen molar-refractivity contribution >= 4 is 33.0 Å². The maximum absolute atomic E-state index is 9.48. The number of benzene rings is 1. The zero-order chi connectivity index (χ0) is 13.2. The van der Waals surface area contributed by atoms with Crippen molar-refractivity contribution in [2.75, 3.05) is 13.2 Å². The summed E-state index contributed by atoms with van der Waals surface area (Å²) in [4.78, 5) is 3.60. The molecule has 1 fully saturated rings. The minimum absolute atomic E-state index is 0.252. The summed E-state index contributed by atoms with van der Waals surface area (Å²) in [6.45, 7) is 2.18. The normalized spacial score (nSPS) is 21.1. The second-order valence-electron chi connectivity index (χ2n) is 5.14. The standard InChI is InChI=1S/C15H18ClNOS/c16-15-12-6-1-2-7-13(12)19-14(15)9-17-8-4-3-5-11(17)10-18/h1-2,6-7,11,18H,3-5,8-10H2/t11-/m1/s1. The van der Waals surface area contributed by atoms with Crippen LogP contribution in [-0.2, 0) is 6.54 Å². The minimum atomic E-state index is 0.252. The van der Waals surface area contributed by atoms with Gasteiger partial charge in [-0.25, -0.2) is 0 Å². The molecule has 4 heteroatoms. The summed E-state index contributed by atoms with van der Waals surface area (Å²) in [6.07, 6.45) is 3.54. The van der Waals surface area contributed by atoms with E-state index in [0.29, 0.717) is 6.04 Å². The first-order valence-corrected chi connectivity index (χ1v) is 8.00. The number of fused-ring (bicyclic) bond motifs is 1. The van der Waals surface area contributed by atoms with Crippen molar-refractivity contribution < 1.29 is 5.11 Å². The zero-order valence-electron chi connectivity index (χ0n) is 10.8. The molecule has 0 bridgehead atoms. The lowest BCUT2D eigenvalue weighted by Gasteiger charge is -2.34. The average molecular weight is 296 g/mol. The monoisotopic (exact) mass is 295 g/mol. The Kier molecular flexibility index (Phi) is 4.08. The highest BCUT2D eigenvalue weighted by molar-refractivity contribution is 7.19. The lowest BCUT2D eigenvalue weighted by molar-refractivity contribution is 0.0850. The molecule has 0 radical (unpaired) electrons. The molecule has 1 atom stereocenters. The smallest absolute Gasteiger partial charge is 0.0637 e. The third-order valence-corrected chi connectivity index (χ3v) is 5.61. The number of aliphatic hydroxyl groups is 1. The van der Waals surface area contributed by atoms with Crippen LogP contribution in [0.3, 0.4) is 0 Å². The highest BCUT2D eigenvalue weighted by Gasteiger charge is 2.23. The lowest BCUT2D eigenvalue weighted by atomic mass is 10.0. The zero-order valence-corrected chi connectivity index (χ0v) is 12.4. The molecular weight excluding hydrogens is 278 g/mol. The van der Waals surface area contributed by atoms with Crippen molar-refractivity contribution in [1.29, 1.82) is 0 Å². The molecule has 1 saturated heterocycles. The number of piperidine rings is 1. The molecule has 0 spiro atoms. The van der Waals surface area contributed by atoms with E-state index in [1.54, 1.807) is 11.3 Å². The molecule has 1 aliphatic heterocycles. The van der Waals surface area contributed by atoms with Gasteiger partial charge in [-0.3, -0.25) is 4.90 Å². The first kappa shape index (κ1) is 13.4. The molecule has 102 valence electrons. The van der Waals surface area contributed by atoms with Crippen molar-refractivity contribution in [3.8, 4) is 0 Å². The Hall–Kier alpha value is -0.610. The second kappa shape index (κ2) is 5.80. The van der Waals surface area contributed by atoms with E-state index in [1.807, 2.05) is 6.07 Å². The van der Waals surface area contributed by atoms with Gasteiger partial charge in [0.05, 0.1) is 11.6 Å². The topological polar surface area (TPSA) is 23.5 Å². The Balaban J connectivity index is 1.86. The molecule has 2 aromatic rings. The number of likely N-dealkylation sites (tertiary alicyclic amines) is 1. The van der Waals surface area contributed by atoms with E-state index in [2.05, 4.69) is 23.1 Å². The first-order chi connectivity index (χ1) is 9.29. The highest BCUT2D eigenvalue weighted by atomic mass is 35.5. The molecule has 0 unspecified atom stereocenters. The maximum Gasteiger partial charge on any atom is 0.0637 e. The van der Waals surface area contributed by atoms with E-state index in [9.17, 15) is 5.11 Å². The maximum atomic E-state index is 9.48. The van der Waals surface area contributed by atoms with Gasteiger partial charge in [0.15, 0.2) is 0 Å². The Morgan fingerprint density at radius 1 is 1.32 bits per heavy atom. The lowest BCUT2D eigenvalue weighted by Crippen LogP contribution is -2.41. The van der Waals surface area contributed by atoms with Crippen molar-refractivity contribution in [2.24, 2.45) is 0 Å². The fourth-order valence-electron chi connectivity index (χ4n) is 2.83. The number of nitrogens with zero attached hydrogens (tertiary/aromatic N) is 1. The summed E-state index contributed by atoms with van der Waals surface area (Å²) in [6, 6.07) is 8.58. The van der Waals surface area contributed by atoms with E-state index < -0.39 is 0 Å². The predicted octanol–water partition coefficient (Wildman–Crippen LogP) is 3.90. The Morgan fingerprint density at radius 2 is 2.16 bits per heavy atom. The van der Waals surface area contributed by atoms with Crippen molar-refractivity contribution in [1.82, 2.24) is 4.90 Å². The van der Waals surface area contributed by atoms with E-state index in [-0.39, 0.29) is 6.61 Å². The molecule has 0 saturated carbocycles. The van der Waals surface area contributed by atoms with Gasteiger partial charge < -0.3 is 5.11 Å². The van der Waals surface area contributed by atoms with E-state index in [4.69, 9.17) is 11.6 Å².